The fourth-order valence-corrected chi connectivity index (χ4v) is 19.5. The van der Waals surface area contributed by atoms with Gasteiger partial charge in [0.2, 0.25) is 0 Å². The molecule has 35 heavy (non-hydrogen) atoms. The minimum absolute atomic E-state index is 0.106. The van der Waals surface area contributed by atoms with Crippen LogP contribution in [0.3, 0.4) is 0 Å². The van der Waals surface area contributed by atoms with E-state index in [9.17, 15) is 0 Å². The Kier molecular flexibility index (Phi) is 14.8. The second kappa shape index (κ2) is 17.2. The van der Waals surface area contributed by atoms with Gasteiger partial charge in [-0.05, 0) is 0 Å². The molecule has 0 amide bonds. The summed E-state index contributed by atoms with van der Waals surface area (Å²) in [5.74, 6) is 0. The average molecular weight is 870 g/mol. The molecule has 2 heterocycles. The van der Waals surface area contributed by atoms with Gasteiger partial charge < -0.3 is 0 Å². The zero-order valence-corrected chi connectivity index (χ0v) is 30.8. The van der Waals surface area contributed by atoms with E-state index in [0.717, 1.165) is 59.8 Å². The van der Waals surface area contributed by atoms with Gasteiger partial charge in [0.15, 0.2) is 0 Å². The Bertz CT molecular complexity index is 654. The average Bonchev–Trinajstić information content (AvgIpc) is 3.41. The van der Waals surface area contributed by atoms with Crippen LogP contribution in [0.4, 0.5) is 0 Å². The Balaban J connectivity index is 0.000000149. The van der Waals surface area contributed by atoms with Gasteiger partial charge in [0, 0.05) is 0 Å². The van der Waals surface area contributed by atoms with Crippen molar-refractivity contribution in [3.05, 3.63) is 35.8 Å². The number of hydrogen-bond acceptors (Lipinski definition) is 0. The standard InChI is InChI=1S/2C14H20Se2.2ClH.Pd/c2*1-3-7-11-12(8-4-1)16-14-10-6-2-5-9-13(14)15-11;;;/h2*1-10H2;2*1H;/q;;;;+2/p-2. The molecule has 0 aromatic carbocycles. The Morgan fingerprint density at radius 2 is 0.457 bits per heavy atom. The topological polar surface area (TPSA) is 0 Å². The van der Waals surface area contributed by atoms with Crippen molar-refractivity contribution >= 4 is 78.9 Å². The van der Waals surface area contributed by atoms with Crippen molar-refractivity contribution in [2.75, 3.05) is 0 Å². The van der Waals surface area contributed by atoms with E-state index >= 15 is 0 Å². The van der Waals surface area contributed by atoms with Gasteiger partial charge in [-0.15, -0.1) is 0 Å². The van der Waals surface area contributed by atoms with Gasteiger partial charge in [0.05, 0.1) is 0 Å². The summed E-state index contributed by atoms with van der Waals surface area (Å²) in [4.78, 5) is 0. The molecule has 0 nitrogen and oxygen atoms in total. The second-order valence-corrected chi connectivity index (χ2v) is 22.4. The molecule has 0 radical (unpaired) electrons. The Hall–Kier alpha value is 2.28. The first-order valence-electron chi connectivity index (χ1n) is 13.7. The van der Waals surface area contributed by atoms with Gasteiger partial charge in [-0.1, -0.05) is 0 Å². The van der Waals surface area contributed by atoms with Crippen molar-refractivity contribution in [2.24, 2.45) is 0 Å². The second-order valence-electron chi connectivity index (χ2n) is 10.1. The summed E-state index contributed by atoms with van der Waals surface area (Å²) in [7, 11) is 9.63. The maximum absolute atomic E-state index is 4.81. The molecule has 0 saturated heterocycles. The molecule has 200 valence electrons. The third-order valence-electron chi connectivity index (χ3n) is 7.46. The molecule has 6 aliphatic rings. The van der Waals surface area contributed by atoms with Crippen molar-refractivity contribution in [2.45, 2.75) is 128 Å². The molecule has 4 aliphatic carbocycles. The van der Waals surface area contributed by atoms with Crippen LogP contribution in [0.25, 0.3) is 0 Å². The number of halogens is 2. The summed E-state index contributed by atoms with van der Waals surface area (Å²) in [5, 5.41) is 0. The third kappa shape index (κ3) is 9.70. The van der Waals surface area contributed by atoms with Gasteiger partial charge in [-0.3, -0.25) is 0 Å². The van der Waals surface area contributed by atoms with Crippen LogP contribution >= 0.6 is 19.1 Å². The zero-order chi connectivity index (χ0) is 24.3. The van der Waals surface area contributed by atoms with Crippen LogP contribution in [0.1, 0.15) is 128 Å². The molecule has 0 N–H and O–H groups in total. The van der Waals surface area contributed by atoms with E-state index in [0.29, 0.717) is 0 Å². The van der Waals surface area contributed by atoms with Gasteiger partial charge in [-0.2, -0.15) is 0 Å². The van der Waals surface area contributed by atoms with Crippen LogP contribution in [0, 0.1) is 0 Å². The van der Waals surface area contributed by atoms with Crippen LogP contribution in [-0.2, 0) is 15.9 Å². The van der Waals surface area contributed by atoms with E-state index in [1.165, 1.54) is 128 Å². The van der Waals surface area contributed by atoms with Crippen LogP contribution in [0.15, 0.2) is 35.8 Å². The van der Waals surface area contributed by atoms with Gasteiger partial charge in [0.25, 0.3) is 0 Å². The first kappa shape index (κ1) is 30.2. The predicted molar refractivity (Wildman–Crippen MR) is 155 cm³/mol. The minimum atomic E-state index is -0.106. The predicted octanol–water partition coefficient (Wildman–Crippen LogP) is 8.90. The van der Waals surface area contributed by atoms with Crippen molar-refractivity contribution < 1.29 is 15.9 Å². The van der Waals surface area contributed by atoms with E-state index in [-0.39, 0.29) is 15.9 Å². The summed E-state index contributed by atoms with van der Waals surface area (Å²) < 4.78 is 15.6. The summed E-state index contributed by atoms with van der Waals surface area (Å²) in [6.45, 7) is 0. The molecule has 0 bridgehead atoms. The van der Waals surface area contributed by atoms with Gasteiger partial charge in [0.1, 0.15) is 0 Å². The molecule has 0 spiro atoms. The van der Waals surface area contributed by atoms with Crippen LogP contribution in [0.5, 0.6) is 0 Å². The Morgan fingerprint density at radius 1 is 0.314 bits per heavy atom. The van der Waals surface area contributed by atoms with Crippen molar-refractivity contribution in [1.82, 2.24) is 0 Å². The molecule has 0 saturated carbocycles. The summed E-state index contributed by atoms with van der Waals surface area (Å²) >= 11 is 3.06. The molecule has 0 aromatic heterocycles. The first-order chi connectivity index (χ1) is 17.3. The summed E-state index contributed by atoms with van der Waals surface area (Å²) in [6, 6.07) is 0. The van der Waals surface area contributed by atoms with E-state index in [4.69, 9.17) is 19.1 Å². The summed E-state index contributed by atoms with van der Waals surface area (Å²) in [6.07, 6.45) is 29.6. The van der Waals surface area contributed by atoms with Gasteiger partial charge >= 0.3 is 259 Å². The van der Waals surface area contributed by atoms with E-state index in [2.05, 4.69) is 0 Å². The summed E-state index contributed by atoms with van der Waals surface area (Å²) in [5.41, 5.74) is 0. The monoisotopic (exact) mass is 872 g/mol. The molecule has 7 heteroatoms. The van der Waals surface area contributed by atoms with E-state index in [1.807, 2.05) is 35.8 Å². The molecule has 6 rings (SSSR count). The molecule has 0 aromatic rings. The molecule has 0 unspecified atom stereocenters. The van der Waals surface area contributed by atoms with Gasteiger partial charge in [-0.25, -0.2) is 0 Å². The fourth-order valence-electron chi connectivity index (χ4n) is 5.57. The van der Waals surface area contributed by atoms with Crippen LogP contribution in [-0.4, -0.2) is 59.8 Å². The molecular weight excluding hydrogens is 829 g/mol. The van der Waals surface area contributed by atoms with Crippen LogP contribution < -0.4 is 0 Å². The fraction of sp³-hybridized carbons (Fsp3) is 0.714. The quantitative estimate of drug-likeness (QED) is 0.214. The molecule has 2 aliphatic heterocycles. The molecule has 0 atom stereocenters. The van der Waals surface area contributed by atoms with E-state index in [1.54, 1.807) is 0 Å². The normalized spacial score (nSPS) is 25.3. The number of rotatable bonds is 0. The SMILES string of the molecule is C1CCC2=C(CC1)[Se]C1=C(CCCCC1)[Se]2.C1CCC2=C(CC1)[Se]C1=C(CCCCC1)[Se]2.[Cl][Pd][Cl]. The first-order valence-corrected chi connectivity index (χ1v) is 24.6. The van der Waals surface area contributed by atoms with Crippen molar-refractivity contribution in [3.63, 3.8) is 0 Å². The Labute approximate surface area is 256 Å². The van der Waals surface area contributed by atoms with E-state index < -0.39 is 0 Å². The number of allylic oxidation sites excluding steroid dienone is 8. The van der Waals surface area contributed by atoms with Crippen molar-refractivity contribution in [1.29, 1.82) is 0 Å². The van der Waals surface area contributed by atoms with Crippen molar-refractivity contribution in [3.8, 4) is 0 Å². The Morgan fingerprint density at radius 3 is 0.600 bits per heavy atom. The maximum atomic E-state index is 4.81. The zero-order valence-electron chi connectivity index (χ0n) is 20.8. The molecular formula is C28H40Cl2PdSe4. The van der Waals surface area contributed by atoms with Crippen LogP contribution in [0.2, 0.25) is 0 Å². The number of hydrogen-bond donors (Lipinski definition) is 0. The third-order valence-corrected chi connectivity index (χ3v) is 21.8. The molecule has 0 fully saturated rings.